The van der Waals surface area contributed by atoms with Crippen LogP contribution in [0.5, 0.6) is 5.75 Å². The Hall–Kier alpha value is -1.06. The van der Waals surface area contributed by atoms with Crippen LogP contribution in [-0.2, 0) is 6.54 Å². The minimum absolute atomic E-state index is 0.345. The van der Waals surface area contributed by atoms with Gasteiger partial charge in [-0.25, -0.2) is 0 Å². The van der Waals surface area contributed by atoms with Gasteiger partial charge < -0.3 is 10.8 Å². The molecule has 0 aliphatic heterocycles. The smallest absolute Gasteiger partial charge is 0.115 e. The highest BCUT2D eigenvalue weighted by atomic mass is 16.3. The SMILES string of the molecule is CN(Cc1cccc(O)c1)C1CCCC1CN. The second kappa shape index (κ2) is 5.52. The quantitative estimate of drug-likeness (QED) is 0.837. The molecule has 0 spiro atoms. The van der Waals surface area contributed by atoms with Gasteiger partial charge in [0.2, 0.25) is 0 Å². The summed E-state index contributed by atoms with van der Waals surface area (Å²) in [5.41, 5.74) is 6.98. The van der Waals surface area contributed by atoms with Crippen molar-refractivity contribution in [3.05, 3.63) is 29.8 Å². The Morgan fingerprint density at radius 1 is 1.41 bits per heavy atom. The van der Waals surface area contributed by atoms with Crippen LogP contribution in [0.15, 0.2) is 24.3 Å². The fraction of sp³-hybridized carbons (Fsp3) is 0.571. The summed E-state index contributed by atoms with van der Waals surface area (Å²) in [6.45, 7) is 1.67. The van der Waals surface area contributed by atoms with Gasteiger partial charge in [0, 0.05) is 12.6 Å². The maximum absolute atomic E-state index is 9.45. The van der Waals surface area contributed by atoms with Crippen LogP contribution < -0.4 is 5.73 Å². The summed E-state index contributed by atoms with van der Waals surface area (Å²) in [6.07, 6.45) is 3.79. The van der Waals surface area contributed by atoms with Crippen molar-refractivity contribution in [1.29, 1.82) is 0 Å². The van der Waals surface area contributed by atoms with Crippen molar-refractivity contribution >= 4 is 0 Å². The normalized spacial score (nSPS) is 24.4. The molecule has 0 amide bonds. The molecule has 0 heterocycles. The average molecular weight is 234 g/mol. The summed E-state index contributed by atoms with van der Waals surface area (Å²) in [7, 11) is 2.16. The lowest BCUT2D eigenvalue weighted by Crippen LogP contribution is -2.37. The number of rotatable bonds is 4. The maximum Gasteiger partial charge on any atom is 0.115 e. The first kappa shape index (κ1) is 12.4. The molecule has 3 N–H and O–H groups in total. The molecule has 1 aliphatic rings. The zero-order valence-corrected chi connectivity index (χ0v) is 10.5. The summed E-state index contributed by atoms with van der Waals surface area (Å²) < 4.78 is 0. The molecule has 3 nitrogen and oxygen atoms in total. The topological polar surface area (TPSA) is 49.5 Å². The van der Waals surface area contributed by atoms with Crippen molar-refractivity contribution in [2.45, 2.75) is 31.8 Å². The van der Waals surface area contributed by atoms with Crippen molar-refractivity contribution in [3.63, 3.8) is 0 Å². The van der Waals surface area contributed by atoms with Crippen LogP contribution >= 0.6 is 0 Å². The van der Waals surface area contributed by atoms with Crippen molar-refractivity contribution in [3.8, 4) is 5.75 Å². The molecule has 17 heavy (non-hydrogen) atoms. The van der Waals surface area contributed by atoms with E-state index >= 15 is 0 Å². The minimum Gasteiger partial charge on any atom is -0.508 e. The van der Waals surface area contributed by atoms with Crippen molar-refractivity contribution in [1.82, 2.24) is 4.90 Å². The molecule has 1 aromatic carbocycles. The molecule has 0 saturated heterocycles. The predicted molar refractivity (Wildman–Crippen MR) is 69.8 cm³/mol. The molecule has 1 aliphatic carbocycles. The van der Waals surface area contributed by atoms with Crippen LogP contribution in [0.3, 0.4) is 0 Å². The minimum atomic E-state index is 0.345. The van der Waals surface area contributed by atoms with E-state index in [9.17, 15) is 5.11 Å². The lowest BCUT2D eigenvalue weighted by atomic mass is 10.0. The molecule has 0 bridgehead atoms. The monoisotopic (exact) mass is 234 g/mol. The molecular formula is C14H22N2O. The summed E-state index contributed by atoms with van der Waals surface area (Å²) in [6, 6.07) is 8.10. The van der Waals surface area contributed by atoms with E-state index < -0.39 is 0 Å². The van der Waals surface area contributed by atoms with Gasteiger partial charge in [-0.1, -0.05) is 18.6 Å². The molecule has 2 atom stereocenters. The van der Waals surface area contributed by atoms with Gasteiger partial charge in [-0.15, -0.1) is 0 Å². The molecule has 2 unspecified atom stereocenters. The lowest BCUT2D eigenvalue weighted by Gasteiger charge is -2.29. The second-order valence-electron chi connectivity index (χ2n) is 5.08. The number of benzene rings is 1. The first-order chi connectivity index (χ1) is 8.20. The van der Waals surface area contributed by atoms with Crippen LogP contribution in [0, 0.1) is 5.92 Å². The molecule has 0 aromatic heterocycles. The van der Waals surface area contributed by atoms with Gasteiger partial charge >= 0.3 is 0 Å². The van der Waals surface area contributed by atoms with Crippen LogP contribution in [0.4, 0.5) is 0 Å². The standard InChI is InChI=1S/C14H22N2O/c1-16(14-7-3-5-12(14)9-15)10-11-4-2-6-13(17)8-11/h2,4,6,8,12,14,17H,3,5,7,9-10,15H2,1H3. The number of phenolic OH excluding ortho intramolecular Hbond substituents is 1. The lowest BCUT2D eigenvalue weighted by molar-refractivity contribution is 0.192. The predicted octanol–water partition coefficient (Wildman–Crippen LogP) is 1.95. The van der Waals surface area contributed by atoms with Gasteiger partial charge in [0.1, 0.15) is 5.75 Å². The molecule has 3 heteroatoms. The summed E-state index contributed by atoms with van der Waals surface area (Å²) in [4.78, 5) is 2.37. The molecule has 94 valence electrons. The van der Waals surface area contributed by atoms with Gasteiger partial charge in [0.05, 0.1) is 0 Å². The Labute approximate surface area is 103 Å². The van der Waals surface area contributed by atoms with Crippen LogP contribution in [0.25, 0.3) is 0 Å². The van der Waals surface area contributed by atoms with Crippen LogP contribution in [0.1, 0.15) is 24.8 Å². The zero-order chi connectivity index (χ0) is 12.3. The fourth-order valence-corrected chi connectivity index (χ4v) is 2.93. The Balaban J connectivity index is 1.99. The molecule has 0 radical (unpaired) electrons. The van der Waals surface area contributed by atoms with E-state index in [4.69, 9.17) is 5.73 Å². The second-order valence-corrected chi connectivity index (χ2v) is 5.08. The first-order valence-electron chi connectivity index (χ1n) is 6.39. The van der Waals surface area contributed by atoms with E-state index in [1.54, 1.807) is 6.07 Å². The van der Waals surface area contributed by atoms with Gasteiger partial charge in [0.15, 0.2) is 0 Å². The number of aromatic hydroxyl groups is 1. The number of hydrogen-bond donors (Lipinski definition) is 2. The largest absolute Gasteiger partial charge is 0.508 e. The van der Waals surface area contributed by atoms with E-state index in [2.05, 4.69) is 18.0 Å². The third-order valence-electron chi connectivity index (χ3n) is 3.83. The molecule has 1 saturated carbocycles. The van der Waals surface area contributed by atoms with E-state index in [-0.39, 0.29) is 0 Å². The van der Waals surface area contributed by atoms with E-state index in [0.717, 1.165) is 18.7 Å². The third-order valence-corrected chi connectivity index (χ3v) is 3.83. The van der Waals surface area contributed by atoms with E-state index in [1.807, 2.05) is 12.1 Å². The van der Waals surface area contributed by atoms with E-state index in [0.29, 0.717) is 17.7 Å². The molecule has 1 fully saturated rings. The van der Waals surface area contributed by atoms with Crippen LogP contribution in [0.2, 0.25) is 0 Å². The summed E-state index contributed by atoms with van der Waals surface area (Å²) in [5.74, 6) is 0.981. The highest BCUT2D eigenvalue weighted by molar-refractivity contribution is 5.27. The van der Waals surface area contributed by atoms with Gasteiger partial charge in [-0.05, 0) is 50.0 Å². The van der Waals surface area contributed by atoms with Gasteiger partial charge in [-0.3, -0.25) is 4.90 Å². The number of nitrogens with zero attached hydrogens (tertiary/aromatic N) is 1. The number of phenols is 1. The Morgan fingerprint density at radius 3 is 2.94 bits per heavy atom. The Kier molecular flexibility index (Phi) is 4.02. The molecule has 1 aromatic rings. The first-order valence-corrected chi connectivity index (χ1v) is 6.39. The highest BCUT2D eigenvalue weighted by Crippen LogP contribution is 2.29. The third kappa shape index (κ3) is 2.99. The number of nitrogens with two attached hydrogens (primary N) is 1. The van der Waals surface area contributed by atoms with Crippen molar-refractivity contribution in [2.24, 2.45) is 11.7 Å². The summed E-state index contributed by atoms with van der Waals surface area (Å²) in [5, 5.41) is 9.45. The van der Waals surface area contributed by atoms with Crippen LogP contribution in [-0.4, -0.2) is 29.6 Å². The van der Waals surface area contributed by atoms with Crippen molar-refractivity contribution < 1.29 is 5.11 Å². The van der Waals surface area contributed by atoms with Crippen molar-refractivity contribution in [2.75, 3.05) is 13.6 Å². The maximum atomic E-state index is 9.45. The van der Waals surface area contributed by atoms with Gasteiger partial charge in [-0.2, -0.15) is 0 Å². The summed E-state index contributed by atoms with van der Waals surface area (Å²) >= 11 is 0. The van der Waals surface area contributed by atoms with Gasteiger partial charge in [0.25, 0.3) is 0 Å². The molecule has 2 rings (SSSR count). The Morgan fingerprint density at radius 2 is 2.24 bits per heavy atom. The number of hydrogen-bond acceptors (Lipinski definition) is 3. The zero-order valence-electron chi connectivity index (χ0n) is 10.5. The fourth-order valence-electron chi connectivity index (χ4n) is 2.93. The highest BCUT2D eigenvalue weighted by Gasteiger charge is 2.29. The Bertz CT molecular complexity index is 367. The molecular weight excluding hydrogens is 212 g/mol. The average Bonchev–Trinajstić information content (AvgIpc) is 2.77. The van der Waals surface area contributed by atoms with E-state index in [1.165, 1.54) is 19.3 Å².